The van der Waals surface area contributed by atoms with Crippen molar-refractivity contribution in [2.24, 2.45) is 11.3 Å². The highest BCUT2D eigenvalue weighted by Gasteiger charge is 2.37. The van der Waals surface area contributed by atoms with Gasteiger partial charge in [-0.25, -0.2) is 0 Å². The zero-order valence-electron chi connectivity index (χ0n) is 10.2. The van der Waals surface area contributed by atoms with Crippen LogP contribution in [-0.4, -0.2) is 29.2 Å². The molecule has 0 radical (unpaired) electrons. The zero-order valence-corrected chi connectivity index (χ0v) is 11.0. The Balaban J connectivity index is 2.00. The third kappa shape index (κ3) is 2.81. The van der Waals surface area contributed by atoms with Gasteiger partial charge in [0.05, 0.1) is 0 Å². The summed E-state index contributed by atoms with van der Waals surface area (Å²) in [6.45, 7) is 5.98. The van der Waals surface area contributed by atoms with Crippen LogP contribution >= 0.6 is 11.3 Å². The van der Waals surface area contributed by atoms with Gasteiger partial charge in [0.15, 0.2) is 0 Å². The predicted octanol–water partition coefficient (Wildman–Crippen LogP) is 1.50. The fraction of sp³-hybridized carbons (Fsp3) is 0.727. The number of anilines is 1. The van der Waals surface area contributed by atoms with Gasteiger partial charge in [0, 0.05) is 5.41 Å². The van der Waals surface area contributed by atoms with Gasteiger partial charge in [-0.3, -0.25) is 4.79 Å². The topological polar surface area (TPSA) is 66.9 Å². The second-order valence-electron chi connectivity index (χ2n) is 4.96. The van der Waals surface area contributed by atoms with Crippen molar-refractivity contribution in [1.82, 2.24) is 15.5 Å². The van der Waals surface area contributed by atoms with Crippen molar-refractivity contribution >= 4 is 22.4 Å². The maximum Gasteiger partial charge on any atom is 0.232 e. The van der Waals surface area contributed by atoms with Crippen LogP contribution in [0.5, 0.6) is 0 Å². The molecule has 5 nitrogen and oxygen atoms in total. The van der Waals surface area contributed by atoms with Gasteiger partial charge in [0.25, 0.3) is 0 Å². The maximum atomic E-state index is 12.2. The number of rotatable bonds is 3. The van der Waals surface area contributed by atoms with Crippen molar-refractivity contribution in [3.05, 3.63) is 5.51 Å². The van der Waals surface area contributed by atoms with E-state index in [-0.39, 0.29) is 11.3 Å². The second kappa shape index (κ2) is 5.10. The lowest BCUT2D eigenvalue weighted by molar-refractivity contribution is -0.127. The summed E-state index contributed by atoms with van der Waals surface area (Å²) in [5.74, 6) is 0.409. The lowest BCUT2D eigenvalue weighted by Crippen LogP contribution is -2.44. The van der Waals surface area contributed by atoms with Crippen LogP contribution in [0.4, 0.5) is 5.13 Å². The monoisotopic (exact) mass is 254 g/mol. The van der Waals surface area contributed by atoms with E-state index in [1.54, 1.807) is 5.51 Å². The van der Waals surface area contributed by atoms with E-state index < -0.39 is 0 Å². The van der Waals surface area contributed by atoms with Crippen LogP contribution in [0, 0.1) is 11.3 Å². The average Bonchev–Trinajstić information content (AvgIpc) is 2.83. The van der Waals surface area contributed by atoms with Crippen LogP contribution in [0.2, 0.25) is 0 Å². The van der Waals surface area contributed by atoms with Gasteiger partial charge in [0.1, 0.15) is 5.51 Å². The number of hydrogen-bond acceptors (Lipinski definition) is 5. The van der Waals surface area contributed by atoms with Crippen molar-refractivity contribution in [1.29, 1.82) is 0 Å². The van der Waals surface area contributed by atoms with E-state index in [0.29, 0.717) is 11.0 Å². The van der Waals surface area contributed by atoms with Crippen LogP contribution in [0.15, 0.2) is 5.51 Å². The lowest BCUT2D eigenvalue weighted by Gasteiger charge is -2.35. The van der Waals surface area contributed by atoms with Crippen molar-refractivity contribution < 1.29 is 4.79 Å². The Bertz CT molecular complexity index is 371. The SMILES string of the molecule is CC(C)(C(=O)Nc1nncs1)C1CCCNC1. The molecule has 1 aromatic rings. The first-order valence-electron chi connectivity index (χ1n) is 5.89. The average molecular weight is 254 g/mol. The van der Waals surface area contributed by atoms with E-state index in [4.69, 9.17) is 0 Å². The molecule has 0 bridgehead atoms. The molecule has 1 unspecified atom stereocenters. The van der Waals surface area contributed by atoms with E-state index in [1.165, 1.54) is 11.3 Å². The molecule has 0 aromatic carbocycles. The van der Waals surface area contributed by atoms with Gasteiger partial charge < -0.3 is 10.6 Å². The Morgan fingerprint density at radius 3 is 3.06 bits per heavy atom. The van der Waals surface area contributed by atoms with E-state index in [0.717, 1.165) is 25.9 Å². The molecule has 2 N–H and O–H groups in total. The molecule has 0 spiro atoms. The van der Waals surface area contributed by atoms with Crippen molar-refractivity contribution in [3.8, 4) is 0 Å². The molecule has 0 aliphatic carbocycles. The van der Waals surface area contributed by atoms with E-state index >= 15 is 0 Å². The third-order valence-electron chi connectivity index (χ3n) is 3.48. The summed E-state index contributed by atoms with van der Waals surface area (Å²) in [7, 11) is 0. The van der Waals surface area contributed by atoms with Gasteiger partial charge in [0.2, 0.25) is 11.0 Å². The number of carbonyl (C=O) groups is 1. The number of amides is 1. The van der Waals surface area contributed by atoms with Crippen molar-refractivity contribution in [3.63, 3.8) is 0 Å². The first kappa shape index (κ1) is 12.4. The van der Waals surface area contributed by atoms with Crippen molar-refractivity contribution in [2.45, 2.75) is 26.7 Å². The number of hydrogen-bond donors (Lipinski definition) is 2. The smallest absolute Gasteiger partial charge is 0.232 e. The van der Waals surface area contributed by atoms with Gasteiger partial charge in [-0.2, -0.15) is 0 Å². The van der Waals surface area contributed by atoms with Crippen LogP contribution in [0.1, 0.15) is 26.7 Å². The minimum absolute atomic E-state index is 0.0305. The molecule has 1 fully saturated rings. The predicted molar refractivity (Wildman–Crippen MR) is 67.9 cm³/mol. The lowest BCUT2D eigenvalue weighted by atomic mass is 9.74. The van der Waals surface area contributed by atoms with Crippen LogP contribution in [0.3, 0.4) is 0 Å². The summed E-state index contributed by atoms with van der Waals surface area (Å²) in [6.07, 6.45) is 2.24. The first-order chi connectivity index (χ1) is 8.10. The van der Waals surface area contributed by atoms with Gasteiger partial charge in [-0.1, -0.05) is 25.2 Å². The van der Waals surface area contributed by atoms with E-state index in [1.807, 2.05) is 13.8 Å². The molecule has 2 heterocycles. The molecule has 6 heteroatoms. The van der Waals surface area contributed by atoms with E-state index in [9.17, 15) is 4.79 Å². The Kier molecular flexibility index (Phi) is 3.73. The van der Waals surface area contributed by atoms with Gasteiger partial charge >= 0.3 is 0 Å². The summed E-state index contributed by atoms with van der Waals surface area (Å²) in [5, 5.41) is 14.3. The Labute approximate surface area is 105 Å². The molecular formula is C11H18N4OS. The highest BCUT2D eigenvalue weighted by Crippen LogP contribution is 2.33. The number of piperidine rings is 1. The van der Waals surface area contributed by atoms with Gasteiger partial charge in [-0.15, -0.1) is 10.2 Å². The summed E-state index contributed by atoms with van der Waals surface area (Å²) < 4.78 is 0. The van der Waals surface area contributed by atoms with E-state index in [2.05, 4.69) is 20.8 Å². The van der Waals surface area contributed by atoms with Crippen LogP contribution < -0.4 is 10.6 Å². The molecule has 1 aliphatic rings. The molecule has 1 atom stereocenters. The zero-order chi connectivity index (χ0) is 12.3. The fourth-order valence-electron chi connectivity index (χ4n) is 2.14. The minimum atomic E-state index is -0.376. The summed E-state index contributed by atoms with van der Waals surface area (Å²) in [4.78, 5) is 12.2. The molecule has 94 valence electrons. The Morgan fingerprint density at radius 2 is 2.47 bits per heavy atom. The molecular weight excluding hydrogens is 236 g/mol. The highest BCUT2D eigenvalue weighted by atomic mass is 32.1. The fourth-order valence-corrected chi connectivity index (χ4v) is 2.58. The standard InChI is InChI=1S/C11H18N4OS/c1-11(2,8-4-3-5-12-6-8)9(16)14-10-15-13-7-17-10/h7-8,12H,3-6H2,1-2H3,(H,14,15,16). The number of nitrogens with zero attached hydrogens (tertiary/aromatic N) is 2. The molecule has 1 amide bonds. The van der Waals surface area contributed by atoms with Crippen LogP contribution in [0.25, 0.3) is 0 Å². The quantitative estimate of drug-likeness (QED) is 0.858. The summed E-state index contributed by atoms with van der Waals surface area (Å²) in [6, 6.07) is 0. The Hall–Kier alpha value is -1.01. The second-order valence-corrected chi connectivity index (χ2v) is 5.80. The largest absolute Gasteiger partial charge is 0.316 e. The maximum absolute atomic E-state index is 12.2. The summed E-state index contributed by atoms with van der Waals surface area (Å²) in [5.41, 5.74) is 1.24. The van der Waals surface area contributed by atoms with Crippen LogP contribution in [-0.2, 0) is 4.79 Å². The normalized spacial score (nSPS) is 21.2. The molecule has 17 heavy (non-hydrogen) atoms. The molecule has 1 aliphatic heterocycles. The number of nitrogens with one attached hydrogen (secondary N) is 2. The summed E-state index contributed by atoms with van der Waals surface area (Å²) >= 11 is 1.34. The minimum Gasteiger partial charge on any atom is -0.316 e. The molecule has 1 saturated heterocycles. The Morgan fingerprint density at radius 1 is 1.65 bits per heavy atom. The number of carbonyl (C=O) groups excluding carboxylic acids is 1. The highest BCUT2D eigenvalue weighted by molar-refractivity contribution is 7.13. The van der Waals surface area contributed by atoms with Crippen molar-refractivity contribution in [2.75, 3.05) is 18.4 Å². The molecule has 0 saturated carbocycles. The first-order valence-corrected chi connectivity index (χ1v) is 6.77. The molecule has 2 rings (SSSR count). The number of aromatic nitrogens is 2. The van der Waals surface area contributed by atoms with Gasteiger partial charge in [-0.05, 0) is 31.8 Å². The molecule has 1 aromatic heterocycles. The third-order valence-corrected chi connectivity index (χ3v) is 4.09.